The molecule has 24 heavy (non-hydrogen) atoms. The van der Waals surface area contributed by atoms with Crippen LogP contribution in [0.15, 0.2) is 61.1 Å². The number of aromatic nitrogens is 3. The number of carbonyl (C=O) groups is 1. The van der Waals surface area contributed by atoms with Crippen LogP contribution in [0.5, 0.6) is 0 Å². The van der Waals surface area contributed by atoms with Crippen molar-refractivity contribution in [1.82, 2.24) is 20.2 Å². The van der Waals surface area contributed by atoms with Crippen LogP contribution in [-0.4, -0.2) is 20.7 Å². The van der Waals surface area contributed by atoms with E-state index in [0.717, 1.165) is 29.8 Å². The normalized spacial score (nSPS) is 10.5. The fraction of sp³-hybridized carbons (Fsp3) is 0.167. The second kappa shape index (κ2) is 7.52. The topological polar surface area (TPSA) is 85.8 Å². The van der Waals surface area contributed by atoms with Crippen molar-refractivity contribution in [2.75, 3.05) is 0 Å². The van der Waals surface area contributed by atoms with Gasteiger partial charge in [-0.1, -0.05) is 24.3 Å². The molecule has 2 heterocycles. The summed E-state index contributed by atoms with van der Waals surface area (Å²) in [5, 5.41) is 4.28. The molecule has 0 saturated heterocycles. The van der Waals surface area contributed by atoms with E-state index in [0.29, 0.717) is 6.42 Å². The van der Waals surface area contributed by atoms with Gasteiger partial charge in [0.2, 0.25) is 5.91 Å². The Balaban J connectivity index is 1.67. The minimum atomic E-state index is -0.194. The van der Waals surface area contributed by atoms with Crippen molar-refractivity contribution >= 4 is 5.91 Å². The van der Waals surface area contributed by atoms with Crippen molar-refractivity contribution in [1.29, 1.82) is 0 Å². The number of pyridine rings is 1. The molecule has 0 atom stereocenters. The highest BCUT2D eigenvalue weighted by atomic mass is 16.2. The first-order chi connectivity index (χ1) is 11.8. The second-order valence-corrected chi connectivity index (χ2v) is 5.48. The third kappa shape index (κ3) is 3.85. The van der Waals surface area contributed by atoms with Crippen LogP contribution in [0.2, 0.25) is 0 Å². The molecular formula is C18H19N5O. The monoisotopic (exact) mass is 321 g/mol. The Morgan fingerprint density at radius 2 is 1.83 bits per heavy atom. The summed E-state index contributed by atoms with van der Waals surface area (Å²) in [7, 11) is 0. The van der Waals surface area contributed by atoms with Gasteiger partial charge in [-0.25, -0.2) is 10.5 Å². The number of nitrogens with two attached hydrogens (primary N) is 1. The summed E-state index contributed by atoms with van der Waals surface area (Å²) in [6.45, 7) is 0. The van der Waals surface area contributed by atoms with Crippen molar-refractivity contribution in [2.24, 2.45) is 5.84 Å². The van der Waals surface area contributed by atoms with Crippen LogP contribution in [0.1, 0.15) is 16.8 Å². The lowest BCUT2D eigenvalue weighted by Crippen LogP contribution is -2.31. The molecule has 3 N–H and O–H groups in total. The molecule has 0 radical (unpaired) electrons. The molecule has 3 rings (SSSR count). The van der Waals surface area contributed by atoms with E-state index in [1.807, 2.05) is 53.3 Å². The van der Waals surface area contributed by atoms with E-state index in [1.165, 1.54) is 5.56 Å². The highest BCUT2D eigenvalue weighted by Crippen LogP contribution is 2.14. The van der Waals surface area contributed by atoms with Gasteiger partial charge < -0.3 is 0 Å². The first kappa shape index (κ1) is 15.9. The van der Waals surface area contributed by atoms with Crippen LogP contribution >= 0.6 is 0 Å². The van der Waals surface area contributed by atoms with Crippen LogP contribution < -0.4 is 11.3 Å². The van der Waals surface area contributed by atoms with E-state index >= 15 is 0 Å². The van der Waals surface area contributed by atoms with Crippen LogP contribution in [0, 0.1) is 0 Å². The highest BCUT2D eigenvalue weighted by molar-refractivity contribution is 5.77. The Kier molecular flexibility index (Phi) is 4.98. The lowest BCUT2D eigenvalue weighted by molar-refractivity contribution is -0.120. The molecule has 6 nitrogen and oxygen atoms in total. The van der Waals surface area contributed by atoms with Gasteiger partial charge in [0, 0.05) is 18.6 Å². The number of hydrazine groups is 1. The molecule has 1 aromatic carbocycles. The van der Waals surface area contributed by atoms with E-state index in [9.17, 15) is 4.79 Å². The zero-order chi connectivity index (χ0) is 16.8. The average Bonchev–Trinajstić information content (AvgIpc) is 3.16. The Hall–Kier alpha value is -2.99. The maximum atomic E-state index is 11.3. The molecule has 0 bridgehead atoms. The molecule has 2 aromatic heterocycles. The quantitative estimate of drug-likeness (QED) is 0.410. The Labute approximate surface area is 140 Å². The predicted octanol–water partition coefficient (Wildman–Crippen LogP) is 1.58. The average molecular weight is 321 g/mol. The third-order valence-electron chi connectivity index (χ3n) is 3.82. The molecular weight excluding hydrogens is 302 g/mol. The van der Waals surface area contributed by atoms with Crippen molar-refractivity contribution < 1.29 is 4.79 Å². The number of hydrogen-bond acceptors (Lipinski definition) is 4. The molecule has 0 spiro atoms. The summed E-state index contributed by atoms with van der Waals surface area (Å²) in [5.74, 6) is 4.91. The predicted molar refractivity (Wildman–Crippen MR) is 91.2 cm³/mol. The Morgan fingerprint density at radius 1 is 1.04 bits per heavy atom. The summed E-state index contributed by atoms with van der Waals surface area (Å²) in [6, 6.07) is 13.8. The van der Waals surface area contributed by atoms with Gasteiger partial charge in [0.15, 0.2) is 0 Å². The largest absolute Gasteiger partial charge is 0.294 e. The van der Waals surface area contributed by atoms with E-state index < -0.39 is 0 Å². The maximum Gasteiger partial charge on any atom is 0.238 e. The zero-order valence-electron chi connectivity index (χ0n) is 13.2. The number of carbonyl (C=O) groups excluding carboxylic acids is 1. The molecule has 3 aromatic rings. The van der Waals surface area contributed by atoms with Crippen molar-refractivity contribution in [2.45, 2.75) is 19.3 Å². The molecule has 0 aliphatic carbocycles. The first-order valence-electron chi connectivity index (χ1n) is 7.77. The second-order valence-electron chi connectivity index (χ2n) is 5.48. The van der Waals surface area contributed by atoms with Crippen molar-refractivity contribution in [3.8, 4) is 5.69 Å². The van der Waals surface area contributed by atoms with Gasteiger partial charge in [-0.3, -0.25) is 15.2 Å². The van der Waals surface area contributed by atoms with E-state index in [1.54, 1.807) is 12.4 Å². The Morgan fingerprint density at radius 3 is 2.54 bits per heavy atom. The lowest BCUT2D eigenvalue weighted by atomic mass is 10.0. The smallest absolute Gasteiger partial charge is 0.238 e. The van der Waals surface area contributed by atoms with Gasteiger partial charge in [-0.15, -0.1) is 0 Å². The van der Waals surface area contributed by atoms with Crippen molar-refractivity contribution in [3.63, 3.8) is 0 Å². The summed E-state index contributed by atoms with van der Waals surface area (Å²) in [5.41, 5.74) is 6.28. The van der Waals surface area contributed by atoms with Crippen LogP contribution in [0.25, 0.3) is 5.69 Å². The first-order valence-corrected chi connectivity index (χ1v) is 7.77. The minimum absolute atomic E-state index is 0.194. The van der Waals surface area contributed by atoms with Gasteiger partial charge in [0.25, 0.3) is 0 Å². The van der Waals surface area contributed by atoms with Crippen LogP contribution in [0.4, 0.5) is 0 Å². The molecule has 0 aliphatic rings. The molecule has 0 saturated carbocycles. The fourth-order valence-electron chi connectivity index (χ4n) is 2.56. The minimum Gasteiger partial charge on any atom is -0.294 e. The molecule has 0 aliphatic heterocycles. The lowest BCUT2D eigenvalue weighted by Gasteiger charge is -2.09. The van der Waals surface area contributed by atoms with Gasteiger partial charge in [-0.2, -0.15) is 5.10 Å². The van der Waals surface area contributed by atoms with Gasteiger partial charge >= 0.3 is 0 Å². The number of aryl methyl sites for hydroxylation is 2. The summed E-state index contributed by atoms with van der Waals surface area (Å²) in [4.78, 5) is 15.8. The number of benzene rings is 1. The summed E-state index contributed by atoms with van der Waals surface area (Å²) < 4.78 is 1.83. The maximum absolute atomic E-state index is 11.3. The molecule has 0 unspecified atom stereocenters. The van der Waals surface area contributed by atoms with Gasteiger partial charge in [0.1, 0.15) is 0 Å². The number of hydrogen-bond donors (Lipinski definition) is 2. The highest BCUT2D eigenvalue weighted by Gasteiger charge is 2.07. The number of nitrogens with one attached hydrogen (secondary N) is 1. The molecule has 6 heteroatoms. The van der Waals surface area contributed by atoms with E-state index in [4.69, 9.17) is 5.84 Å². The van der Waals surface area contributed by atoms with Crippen molar-refractivity contribution in [3.05, 3.63) is 77.9 Å². The van der Waals surface area contributed by atoms with Crippen LogP contribution in [-0.2, 0) is 24.1 Å². The molecule has 0 fully saturated rings. The number of rotatable bonds is 6. The summed E-state index contributed by atoms with van der Waals surface area (Å²) in [6.07, 6.45) is 7.45. The zero-order valence-corrected chi connectivity index (χ0v) is 13.2. The van der Waals surface area contributed by atoms with E-state index in [-0.39, 0.29) is 5.91 Å². The third-order valence-corrected chi connectivity index (χ3v) is 3.82. The van der Waals surface area contributed by atoms with Gasteiger partial charge in [0.05, 0.1) is 17.8 Å². The standard InChI is InChI=1S/C18H19N5O/c19-22-18(24)13-15-6-4-14(5-7-15)8-9-16-17(3-1-10-20-16)23-12-2-11-21-23/h1-7,10-12H,8-9,13,19H2,(H,22,24). The molecule has 122 valence electrons. The van der Waals surface area contributed by atoms with Crippen LogP contribution in [0.3, 0.4) is 0 Å². The number of amides is 1. The Bertz CT molecular complexity index is 797. The van der Waals surface area contributed by atoms with Gasteiger partial charge in [-0.05, 0) is 42.2 Å². The number of nitrogens with zero attached hydrogens (tertiary/aromatic N) is 3. The fourth-order valence-corrected chi connectivity index (χ4v) is 2.56. The molecule has 1 amide bonds. The van der Waals surface area contributed by atoms with E-state index in [2.05, 4.69) is 15.5 Å². The summed E-state index contributed by atoms with van der Waals surface area (Å²) >= 11 is 0. The SMILES string of the molecule is NNC(=O)Cc1ccc(CCc2ncccc2-n2cccn2)cc1.